The van der Waals surface area contributed by atoms with Gasteiger partial charge in [-0.25, -0.2) is 14.5 Å². The highest BCUT2D eigenvalue weighted by Gasteiger charge is 2.10. The third-order valence-electron chi connectivity index (χ3n) is 3.91. The molecule has 0 spiro atoms. The fraction of sp³-hybridized carbons (Fsp3) is 0.263. The molecule has 2 heterocycles. The number of thiazole rings is 1. The number of hydrogen-bond acceptors (Lipinski definition) is 5. The number of benzene rings is 1. The minimum Gasteiger partial charge on any atom is -0.336 e. The molecule has 3 aromatic rings. The molecule has 3 rings (SSSR count). The molecule has 0 fully saturated rings. The summed E-state index contributed by atoms with van der Waals surface area (Å²) >= 11 is 1.55. The van der Waals surface area contributed by atoms with E-state index in [1.54, 1.807) is 17.4 Å². The Morgan fingerprint density at radius 3 is 2.59 bits per heavy atom. The third-order valence-corrected chi connectivity index (χ3v) is 5.00. The van der Waals surface area contributed by atoms with Gasteiger partial charge in [0.15, 0.2) is 0 Å². The van der Waals surface area contributed by atoms with Crippen molar-refractivity contribution in [3.8, 4) is 10.6 Å². The first kappa shape index (κ1) is 18.8. The molecule has 0 aliphatic carbocycles. The van der Waals surface area contributed by atoms with E-state index in [0.717, 1.165) is 21.1 Å². The number of carbonyl (C=O) groups excluding carboxylic acids is 1. The highest BCUT2D eigenvalue weighted by molar-refractivity contribution is 7.15. The summed E-state index contributed by atoms with van der Waals surface area (Å²) in [6.07, 6.45) is 0. The molecule has 0 aliphatic heterocycles. The Hall–Kier alpha value is -3.00. The second-order valence-electron chi connectivity index (χ2n) is 6.02. The molecule has 1 aromatic carbocycles. The lowest BCUT2D eigenvalue weighted by molar-refractivity contribution is 0.240. The second kappa shape index (κ2) is 8.59. The summed E-state index contributed by atoms with van der Waals surface area (Å²) < 4.78 is 1.36. The van der Waals surface area contributed by atoms with E-state index in [9.17, 15) is 9.59 Å². The van der Waals surface area contributed by atoms with Gasteiger partial charge in [-0.15, -0.1) is 11.3 Å². The van der Waals surface area contributed by atoms with Crippen molar-refractivity contribution < 1.29 is 4.79 Å². The average Bonchev–Trinajstić information content (AvgIpc) is 3.00. The molecular formula is C19H21N5O2S. The largest absolute Gasteiger partial charge is 0.336 e. The van der Waals surface area contributed by atoms with Gasteiger partial charge in [0.05, 0.1) is 22.1 Å². The molecule has 7 nitrogen and oxygen atoms in total. The Balaban J connectivity index is 1.56. The summed E-state index contributed by atoms with van der Waals surface area (Å²) in [4.78, 5) is 29.3. The van der Waals surface area contributed by atoms with E-state index in [-0.39, 0.29) is 11.6 Å². The van der Waals surface area contributed by atoms with E-state index >= 15 is 0 Å². The molecule has 0 unspecified atom stereocenters. The molecule has 0 aliphatic rings. The fourth-order valence-corrected chi connectivity index (χ4v) is 3.50. The van der Waals surface area contributed by atoms with Gasteiger partial charge in [0.25, 0.3) is 5.56 Å². The Morgan fingerprint density at radius 2 is 1.89 bits per heavy atom. The summed E-state index contributed by atoms with van der Waals surface area (Å²) in [6, 6.07) is 12.6. The minimum atomic E-state index is -0.281. The summed E-state index contributed by atoms with van der Waals surface area (Å²) in [7, 11) is 0. The zero-order chi connectivity index (χ0) is 19.2. The van der Waals surface area contributed by atoms with Crippen LogP contribution in [0.25, 0.3) is 10.6 Å². The van der Waals surface area contributed by atoms with Crippen LogP contribution in [0.4, 0.5) is 4.79 Å². The number of carbonyl (C=O) groups is 1. The number of hydrogen-bond donors (Lipinski definition) is 2. The zero-order valence-electron chi connectivity index (χ0n) is 15.2. The van der Waals surface area contributed by atoms with Gasteiger partial charge in [-0.1, -0.05) is 30.3 Å². The molecule has 2 aromatic heterocycles. The van der Waals surface area contributed by atoms with Gasteiger partial charge in [0.2, 0.25) is 0 Å². The van der Waals surface area contributed by atoms with Crippen LogP contribution < -0.4 is 16.2 Å². The van der Waals surface area contributed by atoms with E-state index in [2.05, 4.69) is 20.7 Å². The number of nitrogens with one attached hydrogen (secondary N) is 2. The molecule has 0 radical (unpaired) electrons. The van der Waals surface area contributed by atoms with Crippen LogP contribution in [0, 0.1) is 13.8 Å². The van der Waals surface area contributed by atoms with E-state index < -0.39 is 0 Å². The lowest BCUT2D eigenvalue weighted by Crippen LogP contribution is -2.38. The van der Waals surface area contributed by atoms with Crippen molar-refractivity contribution >= 4 is 17.4 Å². The van der Waals surface area contributed by atoms with Crippen molar-refractivity contribution in [3.05, 3.63) is 69.1 Å². The minimum absolute atomic E-state index is 0.205. The van der Waals surface area contributed by atoms with Gasteiger partial charge >= 0.3 is 6.03 Å². The summed E-state index contributed by atoms with van der Waals surface area (Å²) in [5.74, 6) is 0. The lowest BCUT2D eigenvalue weighted by Gasteiger charge is -2.09. The van der Waals surface area contributed by atoms with Gasteiger partial charge in [-0.05, 0) is 25.5 Å². The molecule has 2 amide bonds. The predicted molar refractivity (Wildman–Crippen MR) is 106 cm³/mol. The molecule has 27 heavy (non-hydrogen) atoms. The Morgan fingerprint density at radius 1 is 1.11 bits per heavy atom. The highest BCUT2D eigenvalue weighted by Crippen LogP contribution is 2.27. The Kier molecular flexibility index (Phi) is 5.97. The molecule has 140 valence electrons. The van der Waals surface area contributed by atoms with Crippen molar-refractivity contribution in [3.63, 3.8) is 0 Å². The number of urea groups is 1. The van der Waals surface area contributed by atoms with Gasteiger partial charge in [-0.3, -0.25) is 4.79 Å². The monoisotopic (exact) mass is 383 g/mol. The second-order valence-corrected chi connectivity index (χ2v) is 7.23. The van der Waals surface area contributed by atoms with Gasteiger partial charge in [0.1, 0.15) is 5.69 Å². The molecule has 2 N–H and O–H groups in total. The van der Waals surface area contributed by atoms with Crippen molar-refractivity contribution in [2.24, 2.45) is 0 Å². The molecule has 0 saturated heterocycles. The van der Waals surface area contributed by atoms with Crippen molar-refractivity contribution in [1.29, 1.82) is 0 Å². The first-order valence-electron chi connectivity index (χ1n) is 8.61. The van der Waals surface area contributed by atoms with Crippen molar-refractivity contribution in [1.82, 2.24) is 25.4 Å². The SMILES string of the molecule is Cc1nc(C)c(-c2ccc(=O)n(CCNC(=O)NCc3ccccc3)n2)s1. The number of aromatic nitrogens is 3. The van der Waals surface area contributed by atoms with Crippen molar-refractivity contribution in [2.75, 3.05) is 6.54 Å². The fourth-order valence-electron chi connectivity index (χ4n) is 2.62. The smallest absolute Gasteiger partial charge is 0.315 e. The quantitative estimate of drug-likeness (QED) is 0.684. The standard InChI is InChI=1S/C19H21N5O2S/c1-13-18(27-14(2)22-13)16-8-9-17(25)24(23-16)11-10-20-19(26)21-12-15-6-4-3-5-7-15/h3-9H,10-12H2,1-2H3,(H2,20,21,26). The maximum absolute atomic E-state index is 12.0. The van der Waals surface area contributed by atoms with Crippen LogP contribution in [0.15, 0.2) is 47.3 Å². The van der Waals surface area contributed by atoms with Crippen molar-refractivity contribution in [2.45, 2.75) is 26.9 Å². The zero-order valence-corrected chi connectivity index (χ0v) is 16.0. The van der Waals surface area contributed by atoms with E-state index in [1.807, 2.05) is 44.2 Å². The average molecular weight is 383 g/mol. The van der Waals surface area contributed by atoms with Crippen LogP contribution in [0.2, 0.25) is 0 Å². The topological polar surface area (TPSA) is 88.9 Å². The van der Waals surface area contributed by atoms with Gasteiger partial charge in [0, 0.05) is 19.2 Å². The van der Waals surface area contributed by atoms with Crippen LogP contribution in [-0.2, 0) is 13.1 Å². The normalized spacial score (nSPS) is 10.6. The lowest BCUT2D eigenvalue weighted by atomic mass is 10.2. The number of aryl methyl sites for hydroxylation is 2. The van der Waals surface area contributed by atoms with Crippen LogP contribution >= 0.6 is 11.3 Å². The Labute approximate surface area is 161 Å². The molecular weight excluding hydrogens is 362 g/mol. The molecule has 8 heteroatoms. The predicted octanol–water partition coefficient (Wildman–Crippen LogP) is 2.48. The summed E-state index contributed by atoms with van der Waals surface area (Å²) in [5, 5.41) is 10.9. The maximum atomic E-state index is 12.0. The Bertz CT molecular complexity index is 981. The first-order valence-corrected chi connectivity index (χ1v) is 9.43. The van der Waals surface area contributed by atoms with Gasteiger partial charge < -0.3 is 10.6 Å². The van der Waals surface area contributed by atoms with Crippen LogP contribution in [0.5, 0.6) is 0 Å². The number of rotatable bonds is 6. The highest BCUT2D eigenvalue weighted by atomic mass is 32.1. The molecule has 0 atom stereocenters. The third kappa shape index (κ3) is 5.01. The van der Waals surface area contributed by atoms with Gasteiger partial charge in [-0.2, -0.15) is 5.10 Å². The van der Waals surface area contributed by atoms with E-state index in [4.69, 9.17) is 0 Å². The first-order chi connectivity index (χ1) is 13.0. The number of amides is 2. The summed E-state index contributed by atoms with van der Waals surface area (Å²) in [5.41, 5.74) is 2.43. The maximum Gasteiger partial charge on any atom is 0.315 e. The van der Waals surface area contributed by atoms with Crippen LogP contribution in [-0.4, -0.2) is 27.3 Å². The summed E-state index contributed by atoms with van der Waals surface area (Å²) in [6.45, 7) is 4.91. The van der Waals surface area contributed by atoms with E-state index in [0.29, 0.717) is 25.3 Å². The van der Waals surface area contributed by atoms with E-state index in [1.165, 1.54) is 10.7 Å². The molecule has 0 bridgehead atoms. The van der Waals surface area contributed by atoms with Crippen LogP contribution in [0.3, 0.4) is 0 Å². The van der Waals surface area contributed by atoms with Crippen LogP contribution in [0.1, 0.15) is 16.3 Å². The number of nitrogens with zero attached hydrogens (tertiary/aromatic N) is 3. The molecule has 0 saturated carbocycles.